The van der Waals surface area contributed by atoms with Crippen molar-refractivity contribution in [2.45, 2.75) is 24.8 Å². The molecule has 0 aromatic carbocycles. The van der Waals surface area contributed by atoms with Crippen LogP contribution in [0.15, 0.2) is 0 Å². The van der Waals surface area contributed by atoms with Gasteiger partial charge < -0.3 is 15.0 Å². The Bertz CT molecular complexity index is 348. The molecule has 0 spiro atoms. The fourth-order valence-electron chi connectivity index (χ4n) is 1.57. The van der Waals surface area contributed by atoms with E-state index in [1.807, 2.05) is 0 Å². The van der Waals surface area contributed by atoms with Crippen molar-refractivity contribution in [3.8, 4) is 0 Å². The van der Waals surface area contributed by atoms with Crippen LogP contribution in [0.3, 0.4) is 0 Å². The fourth-order valence-corrected chi connectivity index (χ4v) is 1.63. The number of nitrogens with zero attached hydrogens (tertiary/aromatic N) is 1. The van der Waals surface area contributed by atoms with Crippen molar-refractivity contribution in [3.63, 3.8) is 0 Å². The second-order valence-electron chi connectivity index (χ2n) is 3.98. The Kier molecular flexibility index (Phi) is 5.21. The summed E-state index contributed by atoms with van der Waals surface area (Å²) in [5, 5.41) is 4.01. The summed E-state index contributed by atoms with van der Waals surface area (Å²) in [5.74, 6) is -0.536. The summed E-state index contributed by atoms with van der Waals surface area (Å²) in [6.45, 7) is 2.28. The van der Waals surface area contributed by atoms with Crippen molar-refractivity contribution in [2.75, 3.05) is 20.2 Å². The second-order valence-corrected chi connectivity index (χ2v) is 4.63. The van der Waals surface area contributed by atoms with Crippen LogP contribution in [-0.2, 0) is 9.53 Å². The van der Waals surface area contributed by atoms with E-state index in [0.29, 0.717) is 19.5 Å². The van der Waals surface area contributed by atoms with Gasteiger partial charge in [-0.05, 0) is 13.3 Å². The standard InChI is InChI=1S/C10H16ClN3O4/c1-6(11)8(15)13-9(16)14-4-3-7(5-14)12-10(17)18-2/h6-7H,3-5H2,1-2H3,(H,12,17)(H,13,15,16). The zero-order chi connectivity index (χ0) is 13.7. The van der Waals surface area contributed by atoms with Crippen LogP contribution in [0.25, 0.3) is 0 Å². The van der Waals surface area contributed by atoms with E-state index in [0.717, 1.165) is 0 Å². The topological polar surface area (TPSA) is 87.7 Å². The van der Waals surface area contributed by atoms with Crippen molar-refractivity contribution in [2.24, 2.45) is 0 Å². The number of imide groups is 1. The Morgan fingerprint density at radius 1 is 1.44 bits per heavy atom. The quantitative estimate of drug-likeness (QED) is 0.710. The van der Waals surface area contributed by atoms with Crippen LogP contribution in [-0.4, -0.2) is 54.5 Å². The third-order valence-electron chi connectivity index (χ3n) is 2.57. The lowest BCUT2D eigenvalue weighted by Crippen LogP contribution is -2.45. The molecule has 0 aliphatic carbocycles. The molecule has 8 heteroatoms. The summed E-state index contributed by atoms with van der Waals surface area (Å²) in [6, 6.07) is -0.659. The van der Waals surface area contributed by atoms with E-state index < -0.39 is 23.4 Å². The monoisotopic (exact) mass is 277 g/mol. The summed E-state index contributed by atoms with van der Waals surface area (Å²) in [5.41, 5.74) is 0. The molecule has 2 atom stereocenters. The maximum Gasteiger partial charge on any atom is 0.407 e. The van der Waals surface area contributed by atoms with Gasteiger partial charge in [0.2, 0.25) is 5.91 Å². The van der Waals surface area contributed by atoms with E-state index in [-0.39, 0.29) is 6.04 Å². The van der Waals surface area contributed by atoms with Gasteiger partial charge in [-0.15, -0.1) is 11.6 Å². The van der Waals surface area contributed by atoms with Crippen LogP contribution in [0.1, 0.15) is 13.3 Å². The highest BCUT2D eigenvalue weighted by Gasteiger charge is 2.28. The van der Waals surface area contributed by atoms with Crippen LogP contribution in [0.4, 0.5) is 9.59 Å². The number of amides is 4. The average molecular weight is 278 g/mol. The predicted molar refractivity (Wildman–Crippen MR) is 64.4 cm³/mol. The van der Waals surface area contributed by atoms with Crippen LogP contribution < -0.4 is 10.6 Å². The van der Waals surface area contributed by atoms with Crippen molar-refractivity contribution in [1.29, 1.82) is 0 Å². The minimum absolute atomic E-state index is 0.160. The smallest absolute Gasteiger partial charge is 0.407 e. The maximum absolute atomic E-state index is 11.7. The number of halogens is 1. The molecule has 0 bridgehead atoms. The van der Waals surface area contributed by atoms with Gasteiger partial charge in [0.05, 0.1) is 13.2 Å². The molecule has 2 N–H and O–H groups in total. The first-order valence-electron chi connectivity index (χ1n) is 5.52. The van der Waals surface area contributed by atoms with Gasteiger partial charge in [-0.1, -0.05) is 0 Å². The number of rotatable bonds is 2. The number of urea groups is 1. The molecule has 1 saturated heterocycles. The van der Waals surface area contributed by atoms with E-state index in [1.165, 1.54) is 18.9 Å². The van der Waals surface area contributed by atoms with Gasteiger partial charge in [-0.2, -0.15) is 0 Å². The molecule has 1 aliphatic heterocycles. The number of hydrogen-bond acceptors (Lipinski definition) is 4. The number of carbonyl (C=O) groups excluding carboxylic acids is 3. The summed E-state index contributed by atoms with van der Waals surface area (Å²) < 4.78 is 4.46. The number of hydrogen-bond donors (Lipinski definition) is 2. The summed E-state index contributed by atoms with van der Waals surface area (Å²) in [6.07, 6.45) is 0.0837. The number of carbonyl (C=O) groups is 3. The highest BCUT2D eigenvalue weighted by molar-refractivity contribution is 6.31. The normalized spacial score (nSPS) is 20.2. The molecule has 1 fully saturated rings. The van der Waals surface area contributed by atoms with Crippen LogP contribution in [0, 0.1) is 0 Å². The van der Waals surface area contributed by atoms with Crippen molar-refractivity contribution >= 4 is 29.6 Å². The number of methoxy groups -OCH3 is 1. The van der Waals surface area contributed by atoms with Gasteiger partial charge in [0.15, 0.2) is 0 Å². The van der Waals surface area contributed by atoms with Gasteiger partial charge in [0.1, 0.15) is 5.38 Å². The molecule has 4 amide bonds. The summed E-state index contributed by atoms with van der Waals surface area (Å²) >= 11 is 5.54. The first-order valence-corrected chi connectivity index (χ1v) is 5.96. The Hall–Kier alpha value is -1.50. The van der Waals surface area contributed by atoms with Gasteiger partial charge >= 0.3 is 12.1 Å². The van der Waals surface area contributed by atoms with Crippen LogP contribution in [0.5, 0.6) is 0 Å². The average Bonchev–Trinajstić information content (AvgIpc) is 2.77. The molecule has 7 nitrogen and oxygen atoms in total. The maximum atomic E-state index is 11.7. The highest BCUT2D eigenvalue weighted by atomic mass is 35.5. The number of alkyl halides is 1. The SMILES string of the molecule is COC(=O)NC1CCN(C(=O)NC(=O)C(C)Cl)C1. The van der Waals surface area contributed by atoms with E-state index in [9.17, 15) is 14.4 Å². The molecular formula is C10H16ClN3O4. The number of alkyl carbamates (subject to hydrolysis) is 1. The Morgan fingerprint density at radius 2 is 2.11 bits per heavy atom. The predicted octanol–water partition coefficient (Wildman–Crippen LogP) is 0.280. The molecule has 0 aromatic heterocycles. The van der Waals surface area contributed by atoms with E-state index in [2.05, 4.69) is 15.4 Å². The fraction of sp³-hybridized carbons (Fsp3) is 0.700. The molecule has 0 saturated carbocycles. The molecule has 1 aliphatic rings. The molecule has 18 heavy (non-hydrogen) atoms. The zero-order valence-corrected chi connectivity index (χ0v) is 11.0. The highest BCUT2D eigenvalue weighted by Crippen LogP contribution is 2.09. The minimum atomic E-state index is -0.763. The second kappa shape index (κ2) is 6.44. The third kappa shape index (κ3) is 4.06. The first kappa shape index (κ1) is 14.6. The Morgan fingerprint density at radius 3 is 2.67 bits per heavy atom. The lowest BCUT2D eigenvalue weighted by atomic mass is 10.3. The van der Waals surface area contributed by atoms with Gasteiger partial charge in [-0.25, -0.2) is 9.59 Å². The summed E-state index contributed by atoms with van der Waals surface area (Å²) in [4.78, 5) is 35.3. The number of ether oxygens (including phenoxy) is 1. The molecule has 1 heterocycles. The summed E-state index contributed by atoms with van der Waals surface area (Å²) in [7, 11) is 1.27. The Balaban J connectivity index is 2.39. The third-order valence-corrected chi connectivity index (χ3v) is 2.77. The van der Waals surface area contributed by atoms with E-state index >= 15 is 0 Å². The van der Waals surface area contributed by atoms with E-state index in [4.69, 9.17) is 11.6 Å². The van der Waals surface area contributed by atoms with Gasteiger partial charge in [0, 0.05) is 13.1 Å². The Labute approximate surface area is 110 Å². The molecule has 102 valence electrons. The molecular weight excluding hydrogens is 262 g/mol. The number of likely N-dealkylation sites (tertiary alicyclic amines) is 1. The zero-order valence-electron chi connectivity index (χ0n) is 10.2. The van der Waals surface area contributed by atoms with Crippen LogP contribution >= 0.6 is 11.6 Å². The molecule has 2 unspecified atom stereocenters. The molecule has 0 aromatic rings. The minimum Gasteiger partial charge on any atom is -0.453 e. The van der Waals surface area contributed by atoms with Crippen LogP contribution in [0.2, 0.25) is 0 Å². The molecule has 1 rings (SSSR count). The van der Waals surface area contributed by atoms with Crippen molar-refractivity contribution in [1.82, 2.24) is 15.5 Å². The molecule has 0 radical (unpaired) electrons. The van der Waals surface area contributed by atoms with Crippen molar-refractivity contribution < 1.29 is 19.1 Å². The van der Waals surface area contributed by atoms with Gasteiger partial charge in [-0.3, -0.25) is 10.1 Å². The first-order chi connectivity index (χ1) is 8.43. The largest absolute Gasteiger partial charge is 0.453 e. The van der Waals surface area contributed by atoms with Gasteiger partial charge in [0.25, 0.3) is 0 Å². The lowest BCUT2D eigenvalue weighted by Gasteiger charge is -2.17. The van der Waals surface area contributed by atoms with E-state index in [1.54, 1.807) is 0 Å². The van der Waals surface area contributed by atoms with Crippen molar-refractivity contribution in [3.05, 3.63) is 0 Å². The lowest BCUT2D eigenvalue weighted by molar-refractivity contribution is -0.119. The number of nitrogens with one attached hydrogen (secondary N) is 2.